The number of aryl methyl sites for hydroxylation is 2. The highest BCUT2D eigenvalue weighted by Crippen LogP contribution is 2.19. The molecule has 0 radical (unpaired) electrons. The fourth-order valence-corrected chi connectivity index (χ4v) is 2.92. The van der Waals surface area contributed by atoms with Gasteiger partial charge in [0.05, 0.1) is 16.8 Å². The van der Waals surface area contributed by atoms with Crippen LogP contribution in [0.15, 0.2) is 24.3 Å². The number of aromatic nitrogens is 1. The summed E-state index contributed by atoms with van der Waals surface area (Å²) < 4.78 is 0. The lowest BCUT2D eigenvalue weighted by Crippen LogP contribution is -2.13. The summed E-state index contributed by atoms with van der Waals surface area (Å²) in [6, 6.07) is 7.59. The van der Waals surface area contributed by atoms with E-state index in [1.807, 2.05) is 31.2 Å². The molecule has 2 rings (SSSR count). The zero-order valence-electron chi connectivity index (χ0n) is 10.5. The second-order valence-corrected chi connectivity index (χ2v) is 6.16. The molecule has 2 nitrogen and oxygen atoms in total. The van der Waals surface area contributed by atoms with Crippen molar-refractivity contribution in [1.29, 1.82) is 0 Å². The van der Waals surface area contributed by atoms with Gasteiger partial charge >= 0.3 is 0 Å². The summed E-state index contributed by atoms with van der Waals surface area (Å²) in [5.41, 5.74) is 2.16. The highest BCUT2D eigenvalue weighted by Gasteiger charge is 2.11. The normalized spacial score (nSPS) is 12.7. The van der Waals surface area contributed by atoms with Crippen molar-refractivity contribution in [3.8, 4) is 0 Å². The predicted molar refractivity (Wildman–Crippen MR) is 76.5 cm³/mol. The van der Waals surface area contributed by atoms with E-state index in [0.717, 1.165) is 21.3 Å². The molecule has 1 heterocycles. The molecule has 0 aliphatic rings. The monoisotopic (exact) mass is 281 g/mol. The lowest BCUT2D eigenvalue weighted by atomic mass is 10.1. The Bertz CT molecular complexity index is 502. The molecule has 1 atom stereocenters. The second-order valence-electron chi connectivity index (χ2n) is 4.44. The van der Waals surface area contributed by atoms with E-state index in [1.165, 1.54) is 4.88 Å². The summed E-state index contributed by atoms with van der Waals surface area (Å²) >= 11 is 7.49. The fraction of sp³-hybridized carbons (Fsp3) is 0.357. The average molecular weight is 282 g/mol. The number of hydrogen-bond donors (Lipinski definition) is 1. The van der Waals surface area contributed by atoms with Gasteiger partial charge in [0.2, 0.25) is 0 Å². The molecule has 0 aliphatic carbocycles. The SMILES string of the molecule is Cc1nc(CC(O)Cc2ccc(Cl)cc2)sc1C. The molecule has 0 saturated carbocycles. The van der Waals surface area contributed by atoms with Gasteiger partial charge in [0.1, 0.15) is 0 Å². The number of aliphatic hydroxyl groups excluding tert-OH is 1. The first kappa shape index (κ1) is 13.5. The maximum Gasteiger partial charge on any atom is 0.0956 e. The molecule has 4 heteroatoms. The fourth-order valence-electron chi connectivity index (χ4n) is 1.79. The zero-order valence-corrected chi connectivity index (χ0v) is 12.1. The van der Waals surface area contributed by atoms with Gasteiger partial charge in [-0.15, -0.1) is 11.3 Å². The number of rotatable bonds is 4. The minimum absolute atomic E-state index is 0.392. The molecule has 18 heavy (non-hydrogen) atoms. The van der Waals surface area contributed by atoms with E-state index in [2.05, 4.69) is 11.9 Å². The first-order valence-electron chi connectivity index (χ1n) is 5.90. The summed E-state index contributed by atoms with van der Waals surface area (Å²) in [4.78, 5) is 5.67. The van der Waals surface area contributed by atoms with Crippen molar-refractivity contribution in [3.63, 3.8) is 0 Å². The Hall–Kier alpha value is -0.900. The van der Waals surface area contributed by atoms with Crippen LogP contribution in [0.4, 0.5) is 0 Å². The highest BCUT2D eigenvalue weighted by atomic mass is 35.5. The van der Waals surface area contributed by atoms with Gasteiger partial charge in [-0.2, -0.15) is 0 Å². The summed E-state index contributed by atoms with van der Waals surface area (Å²) in [5, 5.41) is 11.8. The summed E-state index contributed by atoms with van der Waals surface area (Å²) in [6.45, 7) is 4.06. The average Bonchev–Trinajstić information content (AvgIpc) is 2.61. The molecule has 2 aromatic rings. The Morgan fingerprint density at radius 1 is 1.22 bits per heavy atom. The molecule has 0 saturated heterocycles. The number of hydrogen-bond acceptors (Lipinski definition) is 3. The maximum atomic E-state index is 10.1. The van der Waals surface area contributed by atoms with Crippen molar-refractivity contribution in [1.82, 2.24) is 4.98 Å². The van der Waals surface area contributed by atoms with Gasteiger partial charge in [-0.3, -0.25) is 0 Å². The highest BCUT2D eigenvalue weighted by molar-refractivity contribution is 7.11. The summed E-state index contributed by atoms with van der Waals surface area (Å²) in [7, 11) is 0. The molecule has 1 unspecified atom stereocenters. The third-order valence-electron chi connectivity index (χ3n) is 2.87. The van der Waals surface area contributed by atoms with E-state index in [0.29, 0.717) is 12.8 Å². The third kappa shape index (κ3) is 3.55. The minimum Gasteiger partial charge on any atom is -0.392 e. The van der Waals surface area contributed by atoms with Crippen LogP contribution in [0.2, 0.25) is 5.02 Å². The molecule has 0 aliphatic heterocycles. The molecular formula is C14H16ClNOS. The van der Waals surface area contributed by atoms with Gasteiger partial charge in [-0.25, -0.2) is 4.98 Å². The quantitative estimate of drug-likeness (QED) is 0.929. The first-order valence-corrected chi connectivity index (χ1v) is 7.09. The number of aliphatic hydroxyl groups is 1. The van der Waals surface area contributed by atoms with Gasteiger partial charge in [0.25, 0.3) is 0 Å². The van der Waals surface area contributed by atoms with Crippen LogP contribution < -0.4 is 0 Å². The van der Waals surface area contributed by atoms with Crippen molar-refractivity contribution < 1.29 is 5.11 Å². The molecule has 0 bridgehead atoms. The first-order chi connectivity index (χ1) is 8.54. The van der Waals surface area contributed by atoms with Crippen LogP contribution in [0.25, 0.3) is 0 Å². The van der Waals surface area contributed by atoms with Gasteiger partial charge in [0, 0.05) is 16.3 Å². The van der Waals surface area contributed by atoms with Gasteiger partial charge in [0.15, 0.2) is 0 Å². The summed E-state index contributed by atoms with van der Waals surface area (Å²) in [6.07, 6.45) is 0.854. The van der Waals surface area contributed by atoms with E-state index in [-0.39, 0.29) is 0 Å². The van der Waals surface area contributed by atoms with E-state index >= 15 is 0 Å². The smallest absolute Gasteiger partial charge is 0.0956 e. The van der Waals surface area contributed by atoms with Crippen LogP contribution in [0.3, 0.4) is 0 Å². The molecule has 0 fully saturated rings. The molecule has 1 aromatic heterocycles. The largest absolute Gasteiger partial charge is 0.392 e. The van der Waals surface area contributed by atoms with Crippen LogP contribution in [0.5, 0.6) is 0 Å². The van der Waals surface area contributed by atoms with Crippen molar-refractivity contribution in [2.45, 2.75) is 32.8 Å². The van der Waals surface area contributed by atoms with Crippen molar-refractivity contribution in [2.75, 3.05) is 0 Å². The van der Waals surface area contributed by atoms with Crippen LogP contribution in [0, 0.1) is 13.8 Å². The third-order valence-corrected chi connectivity index (χ3v) is 4.21. The lowest BCUT2D eigenvalue weighted by molar-refractivity contribution is 0.175. The number of thiazole rings is 1. The van der Waals surface area contributed by atoms with Crippen LogP contribution in [0.1, 0.15) is 21.1 Å². The number of benzene rings is 1. The predicted octanol–water partition coefficient (Wildman–Crippen LogP) is 3.56. The van der Waals surface area contributed by atoms with Crippen LogP contribution >= 0.6 is 22.9 Å². The van der Waals surface area contributed by atoms with Gasteiger partial charge in [-0.1, -0.05) is 23.7 Å². The number of halogens is 1. The second kappa shape index (κ2) is 5.83. The van der Waals surface area contributed by atoms with E-state index < -0.39 is 6.10 Å². The Labute approximate surface area is 116 Å². The number of nitrogens with zero attached hydrogens (tertiary/aromatic N) is 1. The Kier molecular flexibility index (Phi) is 4.38. The molecule has 0 spiro atoms. The van der Waals surface area contributed by atoms with Crippen LogP contribution in [-0.4, -0.2) is 16.2 Å². The van der Waals surface area contributed by atoms with E-state index in [9.17, 15) is 5.11 Å². The van der Waals surface area contributed by atoms with Gasteiger partial charge in [-0.05, 0) is 38.0 Å². The zero-order chi connectivity index (χ0) is 13.1. The minimum atomic E-state index is -0.392. The van der Waals surface area contributed by atoms with E-state index in [1.54, 1.807) is 11.3 Å². The molecule has 1 aromatic carbocycles. The molecule has 1 N–H and O–H groups in total. The van der Waals surface area contributed by atoms with Crippen LogP contribution in [-0.2, 0) is 12.8 Å². The standard InChI is InChI=1S/C14H16ClNOS/c1-9-10(2)18-14(16-9)8-13(17)7-11-3-5-12(15)6-4-11/h3-6,13,17H,7-8H2,1-2H3. The Balaban J connectivity index is 1.96. The Morgan fingerprint density at radius 2 is 1.89 bits per heavy atom. The molecule has 0 amide bonds. The molecular weight excluding hydrogens is 266 g/mol. The maximum absolute atomic E-state index is 10.1. The Morgan fingerprint density at radius 3 is 2.44 bits per heavy atom. The topological polar surface area (TPSA) is 33.1 Å². The van der Waals surface area contributed by atoms with Gasteiger partial charge < -0.3 is 5.11 Å². The van der Waals surface area contributed by atoms with E-state index in [4.69, 9.17) is 11.6 Å². The molecule has 96 valence electrons. The van der Waals surface area contributed by atoms with Crippen molar-refractivity contribution in [3.05, 3.63) is 50.4 Å². The van der Waals surface area contributed by atoms with Crippen molar-refractivity contribution in [2.24, 2.45) is 0 Å². The summed E-state index contributed by atoms with van der Waals surface area (Å²) in [5.74, 6) is 0. The van der Waals surface area contributed by atoms with Crippen molar-refractivity contribution >= 4 is 22.9 Å². The lowest BCUT2D eigenvalue weighted by Gasteiger charge is -2.08.